The number of hydrogen-bond donors (Lipinski definition) is 0. The smallest absolute Gasteiger partial charge is 0.142 e. The van der Waals surface area contributed by atoms with Crippen molar-refractivity contribution >= 4 is 0 Å². The molecule has 0 bridgehead atoms. The highest BCUT2D eigenvalue weighted by atomic mass is 15.1. The first-order valence-electron chi connectivity index (χ1n) is 5.31. The van der Waals surface area contributed by atoms with Crippen LogP contribution < -0.4 is 0 Å². The van der Waals surface area contributed by atoms with Crippen LogP contribution in [0.1, 0.15) is 17.7 Å². The van der Waals surface area contributed by atoms with Gasteiger partial charge in [0.15, 0.2) is 0 Å². The first-order valence-corrected chi connectivity index (χ1v) is 5.31. The van der Waals surface area contributed by atoms with Gasteiger partial charge in [0.25, 0.3) is 0 Å². The van der Waals surface area contributed by atoms with Crippen LogP contribution in [0.15, 0.2) is 24.7 Å². The molecule has 0 fully saturated rings. The molecule has 0 amide bonds. The van der Waals surface area contributed by atoms with E-state index in [1.807, 2.05) is 19.3 Å². The van der Waals surface area contributed by atoms with E-state index in [1.54, 1.807) is 0 Å². The van der Waals surface area contributed by atoms with Gasteiger partial charge in [0, 0.05) is 30.7 Å². The molecule has 3 heterocycles. The lowest BCUT2D eigenvalue weighted by atomic mass is 10.1. The standard InChI is InChI=1S/C12H13N3/c1-9-8-15-6-2-3-10-4-5-13-7-11(10)12(15)14-9/h4-5,7-8H,2-3,6H2,1H3. The van der Waals surface area contributed by atoms with Gasteiger partial charge in [0.05, 0.1) is 5.69 Å². The van der Waals surface area contributed by atoms with Crippen LogP contribution in [0.25, 0.3) is 11.4 Å². The molecule has 76 valence electrons. The third-order valence-electron chi connectivity index (χ3n) is 2.89. The molecule has 0 radical (unpaired) electrons. The molecule has 0 spiro atoms. The fourth-order valence-electron chi connectivity index (χ4n) is 2.21. The first kappa shape index (κ1) is 8.65. The molecular formula is C12H13N3. The highest BCUT2D eigenvalue weighted by molar-refractivity contribution is 5.60. The second kappa shape index (κ2) is 3.19. The summed E-state index contributed by atoms with van der Waals surface area (Å²) in [6.45, 7) is 3.10. The number of fused-ring (bicyclic) bond motifs is 3. The Morgan fingerprint density at radius 3 is 3.27 bits per heavy atom. The third-order valence-corrected chi connectivity index (χ3v) is 2.89. The van der Waals surface area contributed by atoms with Gasteiger partial charge in [-0.05, 0) is 31.4 Å². The zero-order valence-electron chi connectivity index (χ0n) is 8.77. The Morgan fingerprint density at radius 2 is 2.33 bits per heavy atom. The lowest BCUT2D eigenvalue weighted by Crippen LogP contribution is -1.96. The summed E-state index contributed by atoms with van der Waals surface area (Å²) < 4.78 is 2.24. The summed E-state index contributed by atoms with van der Waals surface area (Å²) in [7, 11) is 0. The van der Waals surface area contributed by atoms with E-state index in [9.17, 15) is 0 Å². The molecule has 0 aromatic carbocycles. The Kier molecular flexibility index (Phi) is 1.84. The summed E-state index contributed by atoms with van der Waals surface area (Å²) >= 11 is 0. The first-order chi connectivity index (χ1) is 7.34. The van der Waals surface area contributed by atoms with Crippen molar-refractivity contribution in [1.29, 1.82) is 0 Å². The van der Waals surface area contributed by atoms with Gasteiger partial charge in [-0.1, -0.05) is 0 Å². The van der Waals surface area contributed by atoms with Gasteiger partial charge in [-0.15, -0.1) is 0 Å². The number of rotatable bonds is 0. The molecule has 2 aromatic rings. The lowest BCUT2D eigenvalue weighted by Gasteiger charge is -2.03. The average molecular weight is 199 g/mol. The highest BCUT2D eigenvalue weighted by Gasteiger charge is 2.15. The van der Waals surface area contributed by atoms with Gasteiger partial charge in [-0.2, -0.15) is 0 Å². The quantitative estimate of drug-likeness (QED) is 0.651. The maximum absolute atomic E-state index is 4.58. The van der Waals surface area contributed by atoms with Crippen LogP contribution >= 0.6 is 0 Å². The number of pyridine rings is 1. The van der Waals surface area contributed by atoms with Gasteiger partial charge in [0.1, 0.15) is 5.82 Å². The molecule has 2 aromatic heterocycles. The predicted molar refractivity (Wildman–Crippen MR) is 58.5 cm³/mol. The second-order valence-electron chi connectivity index (χ2n) is 4.04. The van der Waals surface area contributed by atoms with Crippen molar-refractivity contribution < 1.29 is 0 Å². The van der Waals surface area contributed by atoms with Crippen molar-refractivity contribution in [3.8, 4) is 11.4 Å². The second-order valence-corrected chi connectivity index (χ2v) is 4.04. The Balaban J connectivity index is 2.26. The molecule has 3 nitrogen and oxygen atoms in total. The van der Waals surface area contributed by atoms with E-state index in [0.29, 0.717) is 0 Å². The molecule has 3 rings (SSSR count). The molecule has 0 aliphatic carbocycles. The molecule has 0 saturated carbocycles. The maximum atomic E-state index is 4.58. The van der Waals surface area contributed by atoms with Crippen LogP contribution in [0.2, 0.25) is 0 Å². The van der Waals surface area contributed by atoms with Crippen molar-refractivity contribution in [3.05, 3.63) is 35.9 Å². The van der Waals surface area contributed by atoms with Gasteiger partial charge in [-0.3, -0.25) is 4.98 Å². The normalized spacial score (nSPS) is 14.2. The van der Waals surface area contributed by atoms with Crippen LogP contribution in [0.4, 0.5) is 0 Å². The lowest BCUT2D eigenvalue weighted by molar-refractivity contribution is 0.661. The van der Waals surface area contributed by atoms with Gasteiger partial charge in [0.2, 0.25) is 0 Å². The van der Waals surface area contributed by atoms with E-state index in [2.05, 4.69) is 26.8 Å². The van der Waals surface area contributed by atoms with E-state index < -0.39 is 0 Å². The Bertz CT molecular complexity index is 499. The number of imidazole rings is 1. The topological polar surface area (TPSA) is 30.7 Å². The van der Waals surface area contributed by atoms with Crippen LogP contribution in [0.5, 0.6) is 0 Å². The maximum Gasteiger partial charge on any atom is 0.142 e. The van der Waals surface area contributed by atoms with Crippen LogP contribution in [0.3, 0.4) is 0 Å². The molecular weight excluding hydrogens is 186 g/mol. The van der Waals surface area contributed by atoms with Gasteiger partial charge >= 0.3 is 0 Å². The van der Waals surface area contributed by atoms with Crippen molar-refractivity contribution in [1.82, 2.24) is 14.5 Å². The molecule has 3 heteroatoms. The fraction of sp³-hybridized carbons (Fsp3) is 0.333. The van der Waals surface area contributed by atoms with E-state index in [0.717, 1.165) is 24.5 Å². The van der Waals surface area contributed by atoms with Crippen LogP contribution in [0, 0.1) is 6.92 Å². The van der Waals surface area contributed by atoms with Crippen LogP contribution in [-0.4, -0.2) is 14.5 Å². The number of aromatic nitrogens is 3. The van der Waals surface area contributed by atoms with Crippen molar-refractivity contribution in [2.24, 2.45) is 0 Å². The van der Waals surface area contributed by atoms with Gasteiger partial charge in [-0.25, -0.2) is 4.98 Å². The number of hydrogen-bond acceptors (Lipinski definition) is 2. The Hall–Kier alpha value is -1.64. The molecule has 0 unspecified atom stereocenters. The average Bonchev–Trinajstić information content (AvgIpc) is 2.52. The Morgan fingerprint density at radius 1 is 1.40 bits per heavy atom. The molecule has 0 N–H and O–H groups in total. The third kappa shape index (κ3) is 1.35. The SMILES string of the molecule is Cc1cn2c(n1)-c1cnccc1CCC2. The molecule has 0 atom stereocenters. The summed E-state index contributed by atoms with van der Waals surface area (Å²) in [6.07, 6.45) is 8.22. The fourth-order valence-corrected chi connectivity index (χ4v) is 2.21. The van der Waals surface area contributed by atoms with Crippen molar-refractivity contribution in [2.45, 2.75) is 26.3 Å². The molecule has 1 aliphatic heterocycles. The number of nitrogens with zero attached hydrogens (tertiary/aromatic N) is 3. The minimum Gasteiger partial charge on any atom is -0.331 e. The summed E-state index contributed by atoms with van der Waals surface area (Å²) in [5.41, 5.74) is 3.65. The van der Waals surface area contributed by atoms with E-state index in [1.165, 1.54) is 17.5 Å². The van der Waals surface area contributed by atoms with Crippen molar-refractivity contribution in [3.63, 3.8) is 0 Å². The van der Waals surface area contributed by atoms with Crippen LogP contribution in [-0.2, 0) is 13.0 Å². The monoisotopic (exact) mass is 199 g/mol. The van der Waals surface area contributed by atoms with Gasteiger partial charge < -0.3 is 4.57 Å². The summed E-state index contributed by atoms with van der Waals surface area (Å²) in [5.74, 6) is 1.08. The minimum atomic E-state index is 1.06. The van der Waals surface area contributed by atoms with E-state index >= 15 is 0 Å². The molecule has 1 aliphatic rings. The number of aryl methyl sites for hydroxylation is 3. The minimum absolute atomic E-state index is 1.06. The summed E-state index contributed by atoms with van der Waals surface area (Å²) in [4.78, 5) is 8.77. The summed E-state index contributed by atoms with van der Waals surface area (Å²) in [5, 5.41) is 0. The van der Waals surface area contributed by atoms with E-state index in [4.69, 9.17) is 0 Å². The van der Waals surface area contributed by atoms with Crippen molar-refractivity contribution in [2.75, 3.05) is 0 Å². The molecule has 0 saturated heterocycles. The highest BCUT2D eigenvalue weighted by Crippen LogP contribution is 2.26. The Labute approximate surface area is 88.8 Å². The zero-order chi connectivity index (χ0) is 10.3. The largest absolute Gasteiger partial charge is 0.331 e. The predicted octanol–water partition coefficient (Wildman–Crippen LogP) is 2.20. The zero-order valence-corrected chi connectivity index (χ0v) is 8.77. The summed E-state index contributed by atoms with van der Waals surface area (Å²) in [6, 6.07) is 2.11. The van der Waals surface area contributed by atoms with E-state index in [-0.39, 0.29) is 0 Å². The molecule has 15 heavy (non-hydrogen) atoms.